The van der Waals surface area contributed by atoms with E-state index in [9.17, 15) is 0 Å². The van der Waals surface area contributed by atoms with Crippen LogP contribution in [0.3, 0.4) is 0 Å². The van der Waals surface area contributed by atoms with E-state index in [1.807, 2.05) is 0 Å². The van der Waals surface area contributed by atoms with E-state index < -0.39 is 0 Å². The molecule has 0 saturated heterocycles. The maximum atomic E-state index is 2.33. The van der Waals surface area contributed by atoms with Crippen molar-refractivity contribution in [2.45, 2.75) is 39.0 Å². The normalized spacial score (nSPS) is 27.6. The first-order valence-corrected chi connectivity index (χ1v) is 5.11. The van der Waals surface area contributed by atoms with Gasteiger partial charge in [0.2, 0.25) is 0 Å². The van der Waals surface area contributed by atoms with E-state index in [0.29, 0.717) is 0 Å². The molecule has 1 aliphatic rings. The zero-order chi connectivity index (χ0) is 8.97. The van der Waals surface area contributed by atoms with Gasteiger partial charge in [-0.3, -0.25) is 0 Å². The van der Waals surface area contributed by atoms with Gasteiger partial charge in [0, 0.05) is 14.1 Å². The van der Waals surface area contributed by atoms with Crippen LogP contribution in [0.1, 0.15) is 39.0 Å². The minimum absolute atomic E-state index is 0.876. The lowest BCUT2D eigenvalue weighted by atomic mass is 9.83. The van der Waals surface area contributed by atoms with Crippen LogP contribution in [0.25, 0.3) is 0 Å². The molecule has 0 aromatic heterocycles. The van der Waals surface area contributed by atoms with E-state index in [0.717, 1.165) is 5.92 Å². The molecule has 1 atom stereocenters. The van der Waals surface area contributed by atoms with Gasteiger partial charge in [0.15, 0.2) is 0 Å². The molecule has 1 rings (SSSR count). The number of hydrogen-bond acceptors (Lipinski definition) is 1. The molecule has 1 fully saturated rings. The van der Waals surface area contributed by atoms with E-state index in [2.05, 4.69) is 32.1 Å². The summed E-state index contributed by atoms with van der Waals surface area (Å²) in [4.78, 5) is 2.18. The fraction of sp³-hybridized carbons (Fsp3) is 0.818. The number of rotatable bonds is 2. The lowest BCUT2D eigenvalue weighted by Gasteiger charge is -2.25. The largest absolute Gasteiger partial charge is 0.384 e. The van der Waals surface area contributed by atoms with Crippen molar-refractivity contribution in [2.24, 2.45) is 5.92 Å². The van der Waals surface area contributed by atoms with Crippen LogP contribution < -0.4 is 0 Å². The summed E-state index contributed by atoms with van der Waals surface area (Å²) >= 11 is 0. The summed E-state index contributed by atoms with van der Waals surface area (Å²) in [5.74, 6) is 0.876. The third-order valence-electron chi connectivity index (χ3n) is 2.71. The average molecular weight is 167 g/mol. The zero-order valence-electron chi connectivity index (χ0n) is 8.64. The average Bonchev–Trinajstić information content (AvgIpc) is 2.04. The highest BCUT2D eigenvalue weighted by Crippen LogP contribution is 2.31. The van der Waals surface area contributed by atoms with Gasteiger partial charge in [0.1, 0.15) is 0 Å². The lowest BCUT2D eigenvalue weighted by molar-refractivity contribution is 0.425. The van der Waals surface area contributed by atoms with Crippen molar-refractivity contribution in [3.8, 4) is 0 Å². The molecule has 1 unspecified atom stereocenters. The molecule has 1 heteroatoms. The first kappa shape index (κ1) is 9.63. The van der Waals surface area contributed by atoms with Crippen molar-refractivity contribution in [1.29, 1.82) is 0 Å². The Kier molecular flexibility index (Phi) is 3.64. The molecular weight excluding hydrogens is 146 g/mol. The highest BCUT2D eigenvalue weighted by molar-refractivity contribution is 5.07. The number of allylic oxidation sites excluding steroid dienone is 1. The molecule has 1 aliphatic carbocycles. The summed E-state index contributed by atoms with van der Waals surface area (Å²) < 4.78 is 0. The second-order valence-corrected chi connectivity index (χ2v) is 4.02. The monoisotopic (exact) mass is 167 g/mol. The van der Waals surface area contributed by atoms with E-state index in [4.69, 9.17) is 0 Å². The summed E-state index contributed by atoms with van der Waals surface area (Å²) in [6, 6.07) is 0. The predicted molar refractivity (Wildman–Crippen MR) is 54.0 cm³/mol. The van der Waals surface area contributed by atoms with Crippen molar-refractivity contribution in [3.63, 3.8) is 0 Å². The van der Waals surface area contributed by atoms with Gasteiger partial charge in [-0.1, -0.05) is 18.9 Å². The molecule has 12 heavy (non-hydrogen) atoms. The molecule has 0 spiro atoms. The maximum absolute atomic E-state index is 2.33. The minimum atomic E-state index is 0.876. The Hall–Kier alpha value is -0.460. The summed E-state index contributed by atoms with van der Waals surface area (Å²) in [5, 5.41) is 0. The lowest BCUT2D eigenvalue weighted by Crippen LogP contribution is -2.13. The molecule has 0 heterocycles. The Bertz CT molecular complexity index is 158. The third kappa shape index (κ3) is 2.54. The van der Waals surface area contributed by atoms with Gasteiger partial charge in [-0.2, -0.15) is 0 Å². The maximum Gasteiger partial charge on any atom is 0.00556 e. The predicted octanol–water partition coefficient (Wildman–Crippen LogP) is 3.03. The second-order valence-electron chi connectivity index (χ2n) is 4.02. The van der Waals surface area contributed by atoms with Gasteiger partial charge in [-0.05, 0) is 37.8 Å². The van der Waals surface area contributed by atoms with Crippen LogP contribution in [0, 0.1) is 5.92 Å². The summed E-state index contributed by atoms with van der Waals surface area (Å²) in [6.45, 7) is 2.31. The van der Waals surface area contributed by atoms with Gasteiger partial charge >= 0.3 is 0 Å². The standard InChI is InChI=1S/C11H21N/c1-4-10-7-5-6-8-11(10)9-12(2)3/h9-10H,4-8H2,1-3H3/b11-9-. The van der Waals surface area contributed by atoms with Crippen molar-refractivity contribution in [2.75, 3.05) is 14.1 Å². The molecule has 0 amide bonds. The molecule has 0 aromatic carbocycles. The molecule has 1 nitrogen and oxygen atoms in total. The smallest absolute Gasteiger partial charge is 0.00556 e. The molecule has 0 bridgehead atoms. The topological polar surface area (TPSA) is 3.24 Å². The zero-order valence-corrected chi connectivity index (χ0v) is 8.64. The molecule has 0 aliphatic heterocycles. The highest BCUT2D eigenvalue weighted by atomic mass is 15.0. The van der Waals surface area contributed by atoms with Crippen molar-refractivity contribution < 1.29 is 0 Å². The van der Waals surface area contributed by atoms with Crippen molar-refractivity contribution in [1.82, 2.24) is 4.90 Å². The molecule has 1 saturated carbocycles. The molecule has 70 valence electrons. The van der Waals surface area contributed by atoms with E-state index in [-0.39, 0.29) is 0 Å². The Morgan fingerprint density at radius 2 is 2.17 bits per heavy atom. The van der Waals surface area contributed by atoms with E-state index in [1.54, 1.807) is 5.57 Å². The van der Waals surface area contributed by atoms with Crippen LogP contribution in [-0.4, -0.2) is 19.0 Å². The van der Waals surface area contributed by atoms with Gasteiger partial charge in [0.05, 0.1) is 0 Å². The SMILES string of the molecule is CCC1CCCC/C1=C/N(C)C. The molecule has 0 N–H and O–H groups in total. The summed E-state index contributed by atoms with van der Waals surface area (Å²) in [5.41, 5.74) is 1.67. The molecule has 0 radical (unpaired) electrons. The van der Waals surface area contributed by atoms with E-state index in [1.165, 1.54) is 32.1 Å². The van der Waals surface area contributed by atoms with Gasteiger partial charge in [-0.15, -0.1) is 0 Å². The Morgan fingerprint density at radius 1 is 1.42 bits per heavy atom. The second kappa shape index (κ2) is 4.54. The fourth-order valence-electron chi connectivity index (χ4n) is 2.08. The molecule has 0 aromatic rings. The quantitative estimate of drug-likeness (QED) is 0.611. The Labute approximate surface area is 76.5 Å². The summed E-state index contributed by atoms with van der Waals surface area (Å²) in [6.07, 6.45) is 9.22. The Morgan fingerprint density at radius 3 is 2.75 bits per heavy atom. The third-order valence-corrected chi connectivity index (χ3v) is 2.71. The van der Waals surface area contributed by atoms with Crippen LogP contribution in [0.4, 0.5) is 0 Å². The van der Waals surface area contributed by atoms with Crippen LogP contribution in [-0.2, 0) is 0 Å². The first-order chi connectivity index (χ1) is 5.74. The minimum Gasteiger partial charge on any atom is -0.384 e. The fourth-order valence-corrected chi connectivity index (χ4v) is 2.08. The van der Waals surface area contributed by atoms with Crippen LogP contribution in [0.15, 0.2) is 11.8 Å². The van der Waals surface area contributed by atoms with Crippen molar-refractivity contribution >= 4 is 0 Å². The summed E-state index contributed by atoms with van der Waals surface area (Å²) in [7, 11) is 4.24. The van der Waals surface area contributed by atoms with Crippen LogP contribution in [0.2, 0.25) is 0 Å². The van der Waals surface area contributed by atoms with Gasteiger partial charge in [-0.25, -0.2) is 0 Å². The number of nitrogens with zero attached hydrogens (tertiary/aromatic N) is 1. The number of hydrogen-bond donors (Lipinski definition) is 0. The first-order valence-electron chi connectivity index (χ1n) is 5.11. The van der Waals surface area contributed by atoms with Crippen LogP contribution in [0.5, 0.6) is 0 Å². The highest BCUT2D eigenvalue weighted by Gasteiger charge is 2.16. The Balaban J connectivity index is 2.58. The van der Waals surface area contributed by atoms with Gasteiger partial charge < -0.3 is 4.90 Å². The van der Waals surface area contributed by atoms with Crippen molar-refractivity contribution in [3.05, 3.63) is 11.8 Å². The van der Waals surface area contributed by atoms with Gasteiger partial charge in [0.25, 0.3) is 0 Å². The molecular formula is C11H21N. The van der Waals surface area contributed by atoms with E-state index >= 15 is 0 Å². The van der Waals surface area contributed by atoms with Crippen LogP contribution >= 0.6 is 0 Å².